The Hall–Kier alpha value is -3.35. The number of aliphatic carboxylic acids is 1. The number of carboxylic acids is 1. The predicted octanol–water partition coefficient (Wildman–Crippen LogP) is 4.31. The van der Waals surface area contributed by atoms with E-state index in [0.717, 1.165) is 22.3 Å². The molecular formula is C26H32N2O5. The first kappa shape index (κ1) is 24.3. The molecule has 0 saturated carbocycles. The first-order valence-electron chi connectivity index (χ1n) is 11.2. The van der Waals surface area contributed by atoms with Gasteiger partial charge in [0.25, 0.3) is 0 Å². The zero-order valence-corrected chi connectivity index (χ0v) is 19.8. The number of benzene rings is 2. The van der Waals surface area contributed by atoms with E-state index in [-0.39, 0.29) is 12.5 Å². The van der Waals surface area contributed by atoms with Crippen molar-refractivity contribution in [3.8, 4) is 11.1 Å². The van der Waals surface area contributed by atoms with Crippen molar-refractivity contribution in [2.45, 2.75) is 58.5 Å². The first-order chi connectivity index (χ1) is 15.5. The fourth-order valence-corrected chi connectivity index (χ4v) is 3.95. The highest BCUT2D eigenvalue weighted by atomic mass is 16.5. The van der Waals surface area contributed by atoms with Crippen LogP contribution in [-0.4, -0.2) is 41.3 Å². The highest BCUT2D eigenvalue weighted by Crippen LogP contribution is 2.44. The number of amides is 2. The fourth-order valence-electron chi connectivity index (χ4n) is 3.95. The minimum Gasteiger partial charge on any atom is -0.481 e. The Kier molecular flexibility index (Phi) is 6.81. The molecule has 3 N–H and O–H groups in total. The van der Waals surface area contributed by atoms with Crippen molar-refractivity contribution in [2.75, 3.05) is 6.61 Å². The van der Waals surface area contributed by atoms with E-state index in [1.807, 2.05) is 36.4 Å². The number of hydrogen-bond donors (Lipinski definition) is 3. The second-order valence-electron chi connectivity index (χ2n) is 9.48. The molecule has 7 nitrogen and oxygen atoms in total. The van der Waals surface area contributed by atoms with Gasteiger partial charge in [0.1, 0.15) is 12.6 Å². The number of nitrogens with one attached hydrogen (secondary N) is 2. The molecule has 2 amide bonds. The molecular weight excluding hydrogens is 420 g/mol. The van der Waals surface area contributed by atoms with Crippen LogP contribution in [0.4, 0.5) is 4.79 Å². The van der Waals surface area contributed by atoms with Crippen LogP contribution in [0.2, 0.25) is 0 Å². The van der Waals surface area contributed by atoms with Gasteiger partial charge in [0.05, 0.1) is 11.0 Å². The van der Waals surface area contributed by atoms with Gasteiger partial charge in [0, 0.05) is 5.92 Å². The minimum atomic E-state index is -1.20. The highest BCUT2D eigenvalue weighted by molar-refractivity contribution is 5.87. The van der Waals surface area contributed by atoms with Crippen LogP contribution in [0.3, 0.4) is 0 Å². The number of carbonyl (C=O) groups excluding carboxylic acids is 2. The van der Waals surface area contributed by atoms with Crippen molar-refractivity contribution in [3.05, 3.63) is 59.7 Å². The number of rotatable bonds is 8. The smallest absolute Gasteiger partial charge is 0.407 e. The van der Waals surface area contributed by atoms with Gasteiger partial charge in [-0.15, -0.1) is 0 Å². The molecule has 1 atom stereocenters. The Morgan fingerprint density at radius 2 is 1.48 bits per heavy atom. The molecule has 0 aromatic heterocycles. The minimum absolute atomic E-state index is 0.0765. The maximum Gasteiger partial charge on any atom is 0.407 e. The Morgan fingerprint density at radius 1 is 0.970 bits per heavy atom. The quantitative estimate of drug-likeness (QED) is 0.554. The molecule has 7 heteroatoms. The zero-order valence-electron chi connectivity index (χ0n) is 19.8. The second kappa shape index (κ2) is 9.25. The number of carbonyl (C=O) groups is 3. The lowest BCUT2D eigenvalue weighted by atomic mass is 9.74. The van der Waals surface area contributed by atoms with Crippen molar-refractivity contribution < 1.29 is 24.2 Å². The topological polar surface area (TPSA) is 105 Å². The third-order valence-electron chi connectivity index (χ3n) is 6.89. The molecule has 1 aliphatic carbocycles. The van der Waals surface area contributed by atoms with E-state index in [0.29, 0.717) is 6.42 Å². The predicted molar refractivity (Wildman–Crippen MR) is 126 cm³/mol. The fraction of sp³-hybridized carbons (Fsp3) is 0.423. The molecule has 0 heterocycles. The van der Waals surface area contributed by atoms with E-state index in [4.69, 9.17) is 4.74 Å². The van der Waals surface area contributed by atoms with Gasteiger partial charge in [-0.3, -0.25) is 9.59 Å². The number of fused-ring (bicyclic) bond motifs is 3. The largest absolute Gasteiger partial charge is 0.481 e. The van der Waals surface area contributed by atoms with Crippen LogP contribution in [0, 0.1) is 5.41 Å². The molecule has 2 aromatic rings. The van der Waals surface area contributed by atoms with Gasteiger partial charge in [-0.25, -0.2) is 4.79 Å². The van der Waals surface area contributed by atoms with E-state index in [1.165, 1.54) is 0 Å². The molecule has 0 bridgehead atoms. The summed E-state index contributed by atoms with van der Waals surface area (Å²) in [5.41, 5.74) is 2.24. The van der Waals surface area contributed by atoms with Crippen molar-refractivity contribution >= 4 is 18.0 Å². The van der Waals surface area contributed by atoms with Crippen molar-refractivity contribution in [1.82, 2.24) is 10.6 Å². The number of ether oxygens (including phenoxy) is 1. The average molecular weight is 453 g/mol. The van der Waals surface area contributed by atoms with E-state index in [2.05, 4.69) is 22.8 Å². The lowest BCUT2D eigenvalue weighted by Crippen LogP contribution is -2.60. The summed E-state index contributed by atoms with van der Waals surface area (Å²) in [7, 11) is 0. The van der Waals surface area contributed by atoms with Crippen molar-refractivity contribution in [1.29, 1.82) is 0 Å². The number of alkyl carbamates (subject to hydrolysis) is 1. The zero-order chi connectivity index (χ0) is 24.4. The molecule has 0 fully saturated rings. The van der Waals surface area contributed by atoms with Crippen LogP contribution in [0.25, 0.3) is 11.1 Å². The molecule has 0 spiro atoms. The Balaban J connectivity index is 1.64. The summed E-state index contributed by atoms with van der Waals surface area (Å²) < 4.78 is 5.53. The van der Waals surface area contributed by atoms with Crippen LogP contribution in [0.15, 0.2) is 48.5 Å². The van der Waals surface area contributed by atoms with Gasteiger partial charge in [-0.05, 0) is 56.4 Å². The van der Waals surface area contributed by atoms with Crippen molar-refractivity contribution in [2.24, 2.45) is 5.41 Å². The van der Waals surface area contributed by atoms with E-state index < -0.39 is 35.0 Å². The summed E-state index contributed by atoms with van der Waals surface area (Å²) in [6.07, 6.45) is -0.353. The summed E-state index contributed by atoms with van der Waals surface area (Å²) in [5.74, 6) is -1.55. The molecule has 176 valence electrons. The summed E-state index contributed by atoms with van der Waals surface area (Å²) in [4.78, 5) is 37.0. The Morgan fingerprint density at radius 3 is 1.97 bits per heavy atom. The van der Waals surface area contributed by atoms with E-state index in [1.54, 1.807) is 34.6 Å². The van der Waals surface area contributed by atoms with Gasteiger partial charge in [0.2, 0.25) is 5.91 Å². The highest BCUT2D eigenvalue weighted by Gasteiger charge is 2.45. The van der Waals surface area contributed by atoms with Gasteiger partial charge < -0.3 is 20.5 Å². The second-order valence-corrected chi connectivity index (χ2v) is 9.48. The third-order valence-corrected chi connectivity index (χ3v) is 6.89. The van der Waals surface area contributed by atoms with E-state index in [9.17, 15) is 19.5 Å². The molecule has 0 aliphatic heterocycles. The Labute approximate surface area is 194 Å². The standard InChI is InChI=1S/C26H32N2O5/c1-6-21(22(29)28-26(4,5)25(2,3)23(30)31)27-24(32)33-15-20-18-13-9-7-11-16(18)17-12-8-10-14-19(17)20/h7-14,20-21H,6,15H2,1-5H3,(H,27,32)(H,28,29)(H,30,31)/t21-/m0/s1. The average Bonchev–Trinajstić information content (AvgIpc) is 3.09. The first-order valence-corrected chi connectivity index (χ1v) is 11.2. The van der Waals surface area contributed by atoms with E-state index >= 15 is 0 Å². The summed E-state index contributed by atoms with van der Waals surface area (Å²) in [6, 6.07) is 15.3. The molecule has 33 heavy (non-hydrogen) atoms. The molecule has 0 radical (unpaired) electrons. The van der Waals surface area contributed by atoms with Gasteiger partial charge >= 0.3 is 12.1 Å². The lowest BCUT2D eigenvalue weighted by molar-refractivity contribution is -0.152. The van der Waals surface area contributed by atoms with Crippen LogP contribution in [0.5, 0.6) is 0 Å². The molecule has 2 aromatic carbocycles. The SMILES string of the molecule is CC[C@H](NC(=O)OCC1c2ccccc2-c2ccccc21)C(=O)NC(C)(C)C(C)(C)C(=O)O. The maximum atomic E-state index is 12.8. The lowest BCUT2D eigenvalue weighted by Gasteiger charge is -2.39. The monoisotopic (exact) mass is 452 g/mol. The van der Waals surface area contributed by atoms with Gasteiger partial charge in [-0.1, -0.05) is 55.5 Å². The molecule has 0 unspecified atom stereocenters. The number of carboxylic acid groups (broad SMARTS) is 1. The third kappa shape index (κ3) is 4.72. The van der Waals surface area contributed by atoms with Crippen LogP contribution >= 0.6 is 0 Å². The summed E-state index contributed by atoms with van der Waals surface area (Å²) >= 11 is 0. The maximum absolute atomic E-state index is 12.8. The van der Waals surface area contributed by atoms with Crippen LogP contribution < -0.4 is 10.6 Å². The number of hydrogen-bond acceptors (Lipinski definition) is 4. The molecule has 1 aliphatic rings. The van der Waals surface area contributed by atoms with Crippen molar-refractivity contribution in [3.63, 3.8) is 0 Å². The summed E-state index contributed by atoms with van der Waals surface area (Å²) in [6.45, 7) is 8.32. The van der Waals surface area contributed by atoms with Gasteiger partial charge in [-0.2, -0.15) is 0 Å². The molecule has 0 saturated heterocycles. The van der Waals surface area contributed by atoms with Crippen LogP contribution in [0.1, 0.15) is 58.1 Å². The Bertz CT molecular complexity index is 1010. The normalized spacial score (nSPS) is 14.1. The van der Waals surface area contributed by atoms with Gasteiger partial charge in [0.15, 0.2) is 0 Å². The van der Waals surface area contributed by atoms with Crippen LogP contribution in [-0.2, 0) is 14.3 Å². The summed E-state index contributed by atoms with van der Waals surface area (Å²) in [5, 5.41) is 14.9. The molecule has 3 rings (SSSR count).